The molecule has 0 bridgehead atoms. The van der Waals surface area contributed by atoms with Crippen molar-refractivity contribution in [3.8, 4) is 0 Å². The highest BCUT2D eigenvalue weighted by atomic mass is 32.2. The van der Waals surface area contributed by atoms with Crippen LogP contribution < -0.4 is 0 Å². The van der Waals surface area contributed by atoms with Gasteiger partial charge in [0.1, 0.15) is 0 Å². The van der Waals surface area contributed by atoms with Crippen molar-refractivity contribution in [1.82, 2.24) is 0 Å². The van der Waals surface area contributed by atoms with E-state index in [9.17, 15) is 18.0 Å². The van der Waals surface area contributed by atoms with Crippen LogP contribution in [0.1, 0.15) is 46.0 Å². The predicted octanol–water partition coefficient (Wildman–Crippen LogP) is 1.03. The van der Waals surface area contributed by atoms with E-state index in [4.69, 9.17) is 0 Å². The summed E-state index contributed by atoms with van der Waals surface area (Å²) in [4.78, 5) is 28.1. The van der Waals surface area contributed by atoms with Crippen LogP contribution in [0.2, 0.25) is 0 Å². The third kappa shape index (κ3) is 9.55. The van der Waals surface area contributed by atoms with Crippen molar-refractivity contribution in [2.75, 3.05) is 0 Å². The molecule has 1 fully saturated rings. The van der Waals surface area contributed by atoms with Crippen LogP contribution in [0.15, 0.2) is 0 Å². The second-order valence-corrected chi connectivity index (χ2v) is 4.53. The summed E-state index contributed by atoms with van der Waals surface area (Å²) < 4.78 is 20.6. The Bertz CT molecular complexity index is 365. The molecular weight excluding hydrogens is 248 g/mol. The van der Waals surface area contributed by atoms with Crippen molar-refractivity contribution in [2.45, 2.75) is 46.0 Å². The molecule has 1 aliphatic rings. The summed E-state index contributed by atoms with van der Waals surface area (Å²) in [5.41, 5.74) is 0. The van der Waals surface area contributed by atoms with Crippen LogP contribution in [-0.2, 0) is 29.7 Å². The van der Waals surface area contributed by atoms with Crippen molar-refractivity contribution in [3.63, 3.8) is 0 Å². The molecule has 1 rings (SSSR count). The summed E-state index contributed by atoms with van der Waals surface area (Å²) in [7, 11) is -1.89. The topological polar surface area (TPSA) is 86.7 Å². The minimum atomic E-state index is -1.89. The van der Waals surface area contributed by atoms with Crippen molar-refractivity contribution in [1.29, 1.82) is 0 Å². The van der Waals surface area contributed by atoms with Gasteiger partial charge in [0, 0.05) is 18.7 Å². The summed E-state index contributed by atoms with van der Waals surface area (Å²) in [6, 6.07) is 0. The van der Waals surface area contributed by atoms with Gasteiger partial charge in [-0.2, -0.15) is 8.42 Å². The van der Waals surface area contributed by atoms with E-state index in [-0.39, 0.29) is 0 Å². The summed E-state index contributed by atoms with van der Waals surface area (Å²) >= 11 is 0. The second-order valence-electron chi connectivity index (χ2n) is 3.48. The van der Waals surface area contributed by atoms with Crippen LogP contribution in [0.5, 0.6) is 0 Å². The number of hydrogen-bond acceptors (Lipinski definition) is 6. The van der Waals surface area contributed by atoms with Gasteiger partial charge in [-0.15, -0.1) is 0 Å². The van der Waals surface area contributed by atoms with Crippen molar-refractivity contribution in [2.24, 2.45) is 0 Å². The first kappa shape index (κ1) is 15.6. The molecule has 0 spiro atoms. The fourth-order valence-electron chi connectivity index (χ4n) is 1.23. The van der Waals surface area contributed by atoms with Gasteiger partial charge >= 0.3 is 11.9 Å². The van der Waals surface area contributed by atoms with Gasteiger partial charge in [-0.3, -0.25) is 0 Å². The van der Waals surface area contributed by atoms with Gasteiger partial charge in [-0.05, 0) is 25.7 Å². The molecule has 0 atom stereocenters. The lowest BCUT2D eigenvalue weighted by molar-refractivity contribution is -0.255. The Morgan fingerprint density at radius 1 is 0.941 bits per heavy atom. The lowest BCUT2D eigenvalue weighted by Gasteiger charge is -2.07. The molecule has 0 heterocycles. The molecule has 0 aromatic heterocycles. The quantitative estimate of drug-likeness (QED) is 0.369. The Morgan fingerprint density at radius 2 is 1.35 bits per heavy atom. The maximum Gasteiger partial charge on any atom is 0.352 e. The summed E-state index contributed by atoms with van der Waals surface area (Å²) in [6.45, 7) is 2.28. The molecule has 0 unspecified atom stereocenters. The van der Waals surface area contributed by atoms with Crippen molar-refractivity contribution >= 4 is 27.1 Å². The highest BCUT2D eigenvalue weighted by molar-refractivity contribution is 7.73. The molecule has 6 nitrogen and oxygen atoms in total. The summed E-state index contributed by atoms with van der Waals surface area (Å²) in [6.07, 6.45) is 4.92. The Labute approximate surface area is 101 Å². The zero-order chi connectivity index (χ0) is 13.3. The van der Waals surface area contributed by atoms with Gasteiger partial charge in [-0.25, -0.2) is 19.4 Å². The van der Waals surface area contributed by atoms with E-state index in [0.29, 0.717) is 0 Å². The molecule has 0 N–H and O–H groups in total. The van der Waals surface area contributed by atoms with E-state index in [1.807, 2.05) is 0 Å². The van der Waals surface area contributed by atoms with Crippen LogP contribution in [0.3, 0.4) is 0 Å². The lowest BCUT2D eigenvalue weighted by atomic mass is 10.0. The fraction of sp³-hybridized carbons (Fsp3) is 0.700. The Balaban J connectivity index is 0.000000304. The van der Waals surface area contributed by atoms with E-state index in [0.717, 1.165) is 44.4 Å². The average molecular weight is 264 g/mol. The molecule has 7 heteroatoms. The second kappa shape index (κ2) is 8.74. The minimum absolute atomic E-state index is 0.639. The molecular formula is C10H16O6S. The maximum absolute atomic E-state index is 10.3. The summed E-state index contributed by atoms with van der Waals surface area (Å²) in [5.74, 6) is -1.28. The smallest absolute Gasteiger partial charge is 0.248 e. The van der Waals surface area contributed by atoms with Gasteiger partial charge in [0.25, 0.3) is 0 Å². The molecule has 1 saturated carbocycles. The minimum Gasteiger partial charge on any atom is -0.248 e. The predicted molar refractivity (Wildman–Crippen MR) is 60.5 cm³/mol. The highest BCUT2D eigenvalue weighted by Gasteiger charge is 2.06. The van der Waals surface area contributed by atoms with Crippen LogP contribution in [-0.4, -0.2) is 25.2 Å². The van der Waals surface area contributed by atoms with Gasteiger partial charge in [0.2, 0.25) is 10.3 Å². The van der Waals surface area contributed by atoms with Gasteiger partial charge in [0.05, 0.1) is 0 Å². The number of carbonyl (C=O) groups is 2. The van der Waals surface area contributed by atoms with Crippen molar-refractivity contribution < 1.29 is 27.8 Å². The molecule has 0 radical (unpaired) electrons. The SMILES string of the molecule is CC(=O)OOC(C)=O.O=S(=O)=C1CCCCC1. The molecule has 0 saturated heterocycles. The van der Waals surface area contributed by atoms with Crippen LogP contribution in [0.4, 0.5) is 0 Å². The Hall–Kier alpha value is -1.37. The van der Waals surface area contributed by atoms with Crippen LogP contribution in [0, 0.1) is 0 Å². The fourth-order valence-corrected chi connectivity index (χ4v) is 1.85. The first-order valence-corrected chi connectivity index (χ1v) is 6.30. The Kier molecular flexibility index (Phi) is 8.04. The monoisotopic (exact) mass is 264 g/mol. The first-order chi connectivity index (χ1) is 7.93. The molecule has 1 aliphatic carbocycles. The Morgan fingerprint density at radius 3 is 1.59 bits per heavy atom. The van der Waals surface area contributed by atoms with Crippen LogP contribution in [0.25, 0.3) is 0 Å². The third-order valence-corrected chi connectivity index (χ3v) is 2.80. The number of rotatable bonds is 0. The van der Waals surface area contributed by atoms with E-state index in [1.54, 1.807) is 0 Å². The average Bonchev–Trinajstić information content (AvgIpc) is 2.28. The summed E-state index contributed by atoms with van der Waals surface area (Å²) in [5, 5.41) is 0. The molecule has 98 valence electrons. The van der Waals surface area contributed by atoms with Gasteiger partial charge in [-0.1, -0.05) is 6.42 Å². The van der Waals surface area contributed by atoms with E-state index < -0.39 is 22.2 Å². The van der Waals surface area contributed by atoms with E-state index in [2.05, 4.69) is 9.78 Å². The maximum atomic E-state index is 10.3. The molecule has 0 amide bonds. The standard InChI is InChI=1S/C6H10O2S.C4H6O4/c7-9(8)6-4-2-1-3-5-6;1-3(5)7-8-4(2)6/h1-5H2;1-2H3. The third-order valence-electron chi connectivity index (χ3n) is 1.92. The first-order valence-electron chi connectivity index (χ1n) is 5.23. The highest BCUT2D eigenvalue weighted by Crippen LogP contribution is 2.13. The van der Waals surface area contributed by atoms with Gasteiger partial charge in [0.15, 0.2) is 0 Å². The molecule has 0 aliphatic heterocycles. The zero-order valence-electron chi connectivity index (χ0n) is 9.89. The number of carbonyl (C=O) groups excluding carboxylic acids is 2. The van der Waals surface area contributed by atoms with Crippen molar-refractivity contribution in [3.05, 3.63) is 0 Å². The largest absolute Gasteiger partial charge is 0.352 e. The van der Waals surface area contributed by atoms with Crippen LogP contribution >= 0.6 is 0 Å². The molecule has 17 heavy (non-hydrogen) atoms. The van der Waals surface area contributed by atoms with Gasteiger partial charge < -0.3 is 0 Å². The lowest BCUT2D eigenvalue weighted by Crippen LogP contribution is -2.04. The van der Waals surface area contributed by atoms with E-state index >= 15 is 0 Å². The van der Waals surface area contributed by atoms with E-state index in [1.165, 1.54) is 6.42 Å². The molecule has 0 aromatic carbocycles. The number of hydrogen-bond donors (Lipinski definition) is 0. The zero-order valence-corrected chi connectivity index (χ0v) is 10.7. The molecule has 0 aromatic rings. The normalized spacial score (nSPS) is 14.1.